The van der Waals surface area contributed by atoms with Gasteiger partial charge in [-0.25, -0.2) is 4.79 Å². The zero-order valence-electron chi connectivity index (χ0n) is 9.79. The Morgan fingerprint density at radius 1 is 1.57 bits per heavy atom. The number of ether oxygens (including phenoxy) is 2. The lowest BCUT2D eigenvalue weighted by Gasteiger charge is -2.23. The molecule has 0 aliphatic heterocycles. The number of hydrogen-bond donors (Lipinski definition) is 2. The SMILES string of the molecule is [2H]C(CCC(C)(C)OC(N)=O)OCCN. The van der Waals surface area contributed by atoms with Gasteiger partial charge in [0.2, 0.25) is 0 Å². The third-order valence-electron chi connectivity index (χ3n) is 1.59. The first-order valence-electron chi connectivity index (χ1n) is 5.17. The predicted molar refractivity (Wildman–Crippen MR) is 53.9 cm³/mol. The van der Waals surface area contributed by atoms with E-state index in [1.165, 1.54) is 0 Å². The summed E-state index contributed by atoms with van der Waals surface area (Å²) in [6, 6.07) is 0. The van der Waals surface area contributed by atoms with Gasteiger partial charge in [-0.2, -0.15) is 0 Å². The van der Waals surface area contributed by atoms with Crippen LogP contribution in [0.15, 0.2) is 0 Å². The molecule has 1 unspecified atom stereocenters. The molecule has 0 saturated heterocycles. The molecule has 0 radical (unpaired) electrons. The van der Waals surface area contributed by atoms with Gasteiger partial charge in [0, 0.05) is 13.1 Å². The Morgan fingerprint density at radius 3 is 2.71 bits per heavy atom. The molecule has 1 amide bonds. The summed E-state index contributed by atoms with van der Waals surface area (Å²) in [4.78, 5) is 10.5. The number of nitrogens with two attached hydrogens (primary N) is 2. The van der Waals surface area contributed by atoms with Crippen molar-refractivity contribution >= 4 is 6.09 Å². The van der Waals surface area contributed by atoms with E-state index in [0.717, 1.165) is 0 Å². The second kappa shape index (κ2) is 6.62. The summed E-state index contributed by atoms with van der Waals surface area (Å²) in [5, 5.41) is 0. The molecule has 0 aromatic rings. The minimum absolute atomic E-state index is 0.366. The second-order valence-electron chi connectivity index (χ2n) is 3.55. The van der Waals surface area contributed by atoms with E-state index >= 15 is 0 Å². The number of hydrogen-bond acceptors (Lipinski definition) is 4. The first-order chi connectivity index (χ1) is 6.87. The van der Waals surface area contributed by atoms with Crippen molar-refractivity contribution in [1.29, 1.82) is 0 Å². The molecule has 5 nitrogen and oxygen atoms in total. The van der Waals surface area contributed by atoms with Gasteiger partial charge in [0.15, 0.2) is 0 Å². The van der Waals surface area contributed by atoms with Crippen LogP contribution in [-0.4, -0.2) is 31.4 Å². The fourth-order valence-corrected chi connectivity index (χ4v) is 0.965. The summed E-state index contributed by atoms with van der Waals surface area (Å²) in [7, 11) is 0. The molecule has 0 spiro atoms. The molecule has 0 bridgehead atoms. The third-order valence-corrected chi connectivity index (χ3v) is 1.59. The fourth-order valence-electron chi connectivity index (χ4n) is 0.965. The summed E-state index contributed by atoms with van der Waals surface area (Å²) < 4.78 is 17.4. The number of carbonyl (C=O) groups is 1. The highest BCUT2D eigenvalue weighted by atomic mass is 16.6. The first kappa shape index (κ1) is 11.3. The molecule has 1 atom stereocenters. The van der Waals surface area contributed by atoms with Crippen molar-refractivity contribution in [3.8, 4) is 0 Å². The molecule has 0 rings (SSSR count). The quantitative estimate of drug-likeness (QED) is 0.637. The number of primary amides is 1. The van der Waals surface area contributed by atoms with Crippen LogP contribution in [-0.2, 0) is 9.47 Å². The van der Waals surface area contributed by atoms with Crippen molar-refractivity contribution in [2.24, 2.45) is 11.5 Å². The topological polar surface area (TPSA) is 87.6 Å². The van der Waals surface area contributed by atoms with Crippen LogP contribution in [0.2, 0.25) is 0 Å². The molecular formula is C9H20N2O3. The predicted octanol–water partition coefficient (Wildman–Crippen LogP) is 0.616. The van der Waals surface area contributed by atoms with Crippen LogP contribution in [0.25, 0.3) is 0 Å². The van der Waals surface area contributed by atoms with Gasteiger partial charge < -0.3 is 20.9 Å². The van der Waals surface area contributed by atoms with Crippen LogP contribution in [0.1, 0.15) is 28.1 Å². The number of rotatable bonds is 7. The first-order valence-corrected chi connectivity index (χ1v) is 4.60. The highest BCUT2D eigenvalue weighted by Gasteiger charge is 2.20. The molecular weight excluding hydrogens is 184 g/mol. The molecule has 0 fully saturated rings. The molecule has 0 aliphatic rings. The van der Waals surface area contributed by atoms with E-state index in [9.17, 15) is 4.79 Å². The third kappa shape index (κ3) is 7.82. The largest absolute Gasteiger partial charge is 0.444 e. The number of carbonyl (C=O) groups excluding carboxylic acids is 1. The van der Waals surface area contributed by atoms with Crippen molar-refractivity contribution in [3.63, 3.8) is 0 Å². The zero-order chi connectivity index (χ0) is 11.9. The van der Waals surface area contributed by atoms with E-state index in [2.05, 4.69) is 0 Å². The van der Waals surface area contributed by atoms with E-state index < -0.39 is 18.3 Å². The fraction of sp³-hybridized carbons (Fsp3) is 0.889. The van der Waals surface area contributed by atoms with E-state index in [0.29, 0.717) is 26.0 Å². The van der Waals surface area contributed by atoms with Crippen LogP contribution < -0.4 is 11.5 Å². The molecule has 0 aromatic heterocycles. The summed E-state index contributed by atoms with van der Waals surface area (Å²) in [6.07, 6.45) is 0.194. The molecule has 14 heavy (non-hydrogen) atoms. The van der Waals surface area contributed by atoms with Crippen molar-refractivity contribution in [2.75, 3.05) is 19.7 Å². The van der Waals surface area contributed by atoms with Gasteiger partial charge in [0.1, 0.15) is 5.60 Å². The number of amides is 1. The minimum Gasteiger partial charge on any atom is -0.444 e. The molecule has 5 heteroatoms. The highest BCUT2D eigenvalue weighted by Crippen LogP contribution is 2.16. The van der Waals surface area contributed by atoms with Crippen molar-refractivity contribution in [3.05, 3.63) is 0 Å². The normalized spacial score (nSPS) is 14.6. The van der Waals surface area contributed by atoms with E-state index in [-0.39, 0.29) is 0 Å². The van der Waals surface area contributed by atoms with Crippen molar-refractivity contribution in [1.82, 2.24) is 0 Å². The lowest BCUT2D eigenvalue weighted by Crippen LogP contribution is -2.31. The lowest BCUT2D eigenvalue weighted by molar-refractivity contribution is 0.0292. The monoisotopic (exact) mass is 205 g/mol. The smallest absolute Gasteiger partial charge is 0.405 e. The van der Waals surface area contributed by atoms with Gasteiger partial charge in [-0.3, -0.25) is 0 Å². The van der Waals surface area contributed by atoms with Gasteiger partial charge in [-0.15, -0.1) is 0 Å². The maximum atomic E-state index is 10.5. The van der Waals surface area contributed by atoms with E-state index in [1.807, 2.05) is 0 Å². The summed E-state index contributed by atoms with van der Waals surface area (Å²) in [5.41, 5.74) is 9.48. The summed E-state index contributed by atoms with van der Waals surface area (Å²) >= 11 is 0. The molecule has 0 saturated carbocycles. The summed E-state index contributed by atoms with van der Waals surface area (Å²) in [5.74, 6) is 0. The van der Waals surface area contributed by atoms with Gasteiger partial charge >= 0.3 is 6.09 Å². The molecule has 0 aliphatic carbocycles. The van der Waals surface area contributed by atoms with Crippen LogP contribution >= 0.6 is 0 Å². The summed E-state index contributed by atoms with van der Waals surface area (Å²) in [6.45, 7) is 3.62. The Hall–Kier alpha value is -0.810. The average Bonchev–Trinajstić information content (AvgIpc) is 2.09. The van der Waals surface area contributed by atoms with Crippen LogP contribution in [0.4, 0.5) is 4.79 Å². The van der Waals surface area contributed by atoms with Crippen LogP contribution in [0.3, 0.4) is 0 Å². The maximum Gasteiger partial charge on any atom is 0.405 e. The van der Waals surface area contributed by atoms with Gasteiger partial charge in [-0.05, 0) is 26.7 Å². The lowest BCUT2D eigenvalue weighted by atomic mass is 10.0. The molecule has 0 heterocycles. The van der Waals surface area contributed by atoms with E-state index in [4.69, 9.17) is 22.3 Å². The minimum atomic E-state index is -0.801. The highest BCUT2D eigenvalue weighted by molar-refractivity contribution is 5.65. The zero-order valence-corrected chi connectivity index (χ0v) is 8.79. The average molecular weight is 205 g/mol. The Labute approximate surface area is 86.1 Å². The van der Waals surface area contributed by atoms with Crippen LogP contribution in [0.5, 0.6) is 0 Å². The molecule has 4 N–H and O–H groups in total. The van der Waals surface area contributed by atoms with Crippen LogP contribution in [0, 0.1) is 0 Å². The Kier molecular flexibility index (Phi) is 5.32. The van der Waals surface area contributed by atoms with Crippen molar-refractivity contribution in [2.45, 2.75) is 32.3 Å². The Morgan fingerprint density at radius 2 is 2.21 bits per heavy atom. The van der Waals surface area contributed by atoms with Gasteiger partial charge in [0.25, 0.3) is 0 Å². The van der Waals surface area contributed by atoms with Crippen molar-refractivity contribution < 1.29 is 15.6 Å². The van der Waals surface area contributed by atoms with Gasteiger partial charge in [-0.1, -0.05) is 0 Å². The molecule has 0 aromatic carbocycles. The van der Waals surface area contributed by atoms with E-state index in [1.54, 1.807) is 13.8 Å². The second-order valence-corrected chi connectivity index (χ2v) is 3.55. The Balaban J connectivity index is 3.76. The standard InChI is InChI=1S/C9H20N2O3/c1-9(2,14-8(11)12)4-3-6-13-7-5-10/h3-7,10H2,1-2H3,(H2,11,12)/i6D. The maximum absolute atomic E-state index is 10.5. The van der Waals surface area contributed by atoms with Gasteiger partial charge in [0.05, 0.1) is 7.98 Å². The Bertz CT molecular complexity index is 200. The molecule has 84 valence electrons.